The van der Waals surface area contributed by atoms with E-state index in [1.54, 1.807) is 6.07 Å². The van der Waals surface area contributed by atoms with Gasteiger partial charge >= 0.3 is 0 Å². The number of amidine groups is 1. The fraction of sp³-hybridized carbons (Fsp3) is 0.529. The number of nitrogens with zero attached hydrogens (tertiary/aromatic N) is 2. The maximum absolute atomic E-state index is 13.2. The minimum absolute atomic E-state index is 0.173. The lowest BCUT2D eigenvalue weighted by molar-refractivity contribution is -0.132. The van der Waals surface area contributed by atoms with Crippen molar-refractivity contribution in [3.63, 3.8) is 0 Å². The summed E-state index contributed by atoms with van der Waals surface area (Å²) in [4.78, 5) is 19.0. The number of amides is 1. The Balaban J connectivity index is 1.59. The van der Waals surface area contributed by atoms with Crippen LogP contribution in [0.3, 0.4) is 0 Å². The Morgan fingerprint density at radius 2 is 2.14 bits per heavy atom. The van der Waals surface area contributed by atoms with Crippen molar-refractivity contribution in [2.45, 2.75) is 37.9 Å². The predicted octanol–water partition coefficient (Wildman–Crippen LogP) is 3.84. The molecule has 0 N–H and O–H groups in total. The van der Waals surface area contributed by atoms with Crippen LogP contribution in [0.4, 0.5) is 4.39 Å². The van der Waals surface area contributed by atoms with Gasteiger partial charge in [0.1, 0.15) is 5.82 Å². The Hall–Kier alpha value is -1.36. The van der Waals surface area contributed by atoms with Gasteiger partial charge in [0, 0.05) is 18.2 Å². The molecule has 1 aromatic carbocycles. The SMILES string of the molecule is O=C(C1CCCCC1)N1CCN=C1SCc1cccc(F)c1. The number of hydrogen-bond acceptors (Lipinski definition) is 3. The summed E-state index contributed by atoms with van der Waals surface area (Å²) in [6.07, 6.45) is 5.59. The van der Waals surface area contributed by atoms with Crippen LogP contribution >= 0.6 is 11.8 Å². The van der Waals surface area contributed by atoms with Gasteiger partial charge in [0.2, 0.25) is 5.91 Å². The Labute approximate surface area is 135 Å². The molecule has 0 saturated heterocycles. The highest BCUT2D eigenvalue weighted by Crippen LogP contribution is 2.28. The number of halogens is 1. The van der Waals surface area contributed by atoms with E-state index in [1.165, 1.54) is 30.3 Å². The molecular weight excluding hydrogens is 299 g/mol. The molecule has 0 aromatic heterocycles. The van der Waals surface area contributed by atoms with Crippen molar-refractivity contribution < 1.29 is 9.18 Å². The maximum atomic E-state index is 13.2. The van der Waals surface area contributed by atoms with Gasteiger partial charge in [-0.05, 0) is 30.5 Å². The molecule has 0 spiro atoms. The van der Waals surface area contributed by atoms with E-state index in [1.807, 2.05) is 11.0 Å². The first-order valence-electron chi connectivity index (χ1n) is 7.97. The number of carbonyl (C=O) groups excluding carboxylic acids is 1. The first-order valence-corrected chi connectivity index (χ1v) is 8.95. The van der Waals surface area contributed by atoms with Crippen LogP contribution in [0.2, 0.25) is 0 Å². The zero-order valence-corrected chi connectivity index (χ0v) is 13.4. The lowest BCUT2D eigenvalue weighted by Gasteiger charge is -2.26. The van der Waals surface area contributed by atoms with Crippen LogP contribution in [0.1, 0.15) is 37.7 Å². The van der Waals surface area contributed by atoms with Crippen LogP contribution in [-0.4, -0.2) is 29.1 Å². The van der Waals surface area contributed by atoms with E-state index in [0.29, 0.717) is 18.8 Å². The molecule has 3 rings (SSSR count). The number of carbonyl (C=O) groups is 1. The Bertz CT molecular complexity index is 570. The quantitative estimate of drug-likeness (QED) is 0.848. The molecule has 1 heterocycles. The lowest BCUT2D eigenvalue weighted by atomic mass is 9.88. The fourth-order valence-corrected chi connectivity index (χ4v) is 4.09. The van der Waals surface area contributed by atoms with Crippen molar-refractivity contribution in [1.82, 2.24) is 4.90 Å². The highest BCUT2D eigenvalue weighted by atomic mass is 32.2. The average molecular weight is 320 g/mol. The fourth-order valence-electron chi connectivity index (χ4n) is 3.10. The molecule has 0 bridgehead atoms. The van der Waals surface area contributed by atoms with Crippen molar-refractivity contribution in [3.8, 4) is 0 Å². The summed E-state index contributed by atoms with van der Waals surface area (Å²) in [6.45, 7) is 1.38. The first kappa shape index (κ1) is 15.5. The van der Waals surface area contributed by atoms with E-state index >= 15 is 0 Å². The molecule has 3 nitrogen and oxygen atoms in total. The minimum atomic E-state index is -0.221. The molecule has 0 radical (unpaired) electrons. The molecule has 1 amide bonds. The van der Waals surface area contributed by atoms with E-state index in [0.717, 1.165) is 36.4 Å². The van der Waals surface area contributed by atoms with E-state index in [9.17, 15) is 9.18 Å². The normalized spacial score (nSPS) is 19.3. The largest absolute Gasteiger partial charge is 0.289 e. The van der Waals surface area contributed by atoms with Crippen LogP contribution in [0, 0.1) is 11.7 Å². The minimum Gasteiger partial charge on any atom is -0.289 e. The first-order chi connectivity index (χ1) is 10.7. The number of thioether (sulfide) groups is 1. The third-order valence-electron chi connectivity index (χ3n) is 4.28. The molecule has 1 fully saturated rings. The zero-order valence-electron chi connectivity index (χ0n) is 12.6. The second-order valence-corrected chi connectivity index (χ2v) is 6.85. The van der Waals surface area contributed by atoms with Crippen molar-refractivity contribution in [1.29, 1.82) is 0 Å². The van der Waals surface area contributed by atoms with Gasteiger partial charge in [-0.15, -0.1) is 0 Å². The standard InChI is InChI=1S/C17H21FN2OS/c18-15-8-4-5-13(11-15)12-22-17-19-9-10-20(17)16(21)14-6-2-1-3-7-14/h4-5,8,11,14H,1-3,6-7,9-10,12H2. The summed E-state index contributed by atoms with van der Waals surface area (Å²) in [6, 6.07) is 6.60. The molecule has 0 unspecified atom stereocenters. The summed E-state index contributed by atoms with van der Waals surface area (Å²) in [7, 11) is 0. The summed E-state index contributed by atoms with van der Waals surface area (Å²) in [5.74, 6) is 0.835. The summed E-state index contributed by atoms with van der Waals surface area (Å²) in [5.41, 5.74) is 0.921. The topological polar surface area (TPSA) is 32.7 Å². The highest BCUT2D eigenvalue weighted by Gasteiger charge is 2.30. The predicted molar refractivity (Wildman–Crippen MR) is 88.3 cm³/mol. The van der Waals surface area contributed by atoms with Gasteiger partial charge in [-0.1, -0.05) is 43.2 Å². The molecule has 5 heteroatoms. The number of hydrogen-bond donors (Lipinski definition) is 0. The molecule has 2 aliphatic rings. The molecule has 0 atom stereocenters. The van der Waals surface area contributed by atoms with Gasteiger partial charge in [0.05, 0.1) is 6.54 Å². The average Bonchev–Trinajstić information content (AvgIpc) is 3.01. The van der Waals surface area contributed by atoms with Crippen LogP contribution in [0.15, 0.2) is 29.3 Å². The summed E-state index contributed by atoms with van der Waals surface area (Å²) >= 11 is 1.53. The van der Waals surface area contributed by atoms with E-state index in [-0.39, 0.29) is 17.6 Å². The van der Waals surface area contributed by atoms with E-state index in [2.05, 4.69) is 4.99 Å². The smallest absolute Gasteiger partial charge is 0.231 e. The highest BCUT2D eigenvalue weighted by molar-refractivity contribution is 8.13. The third-order valence-corrected chi connectivity index (χ3v) is 5.36. The second-order valence-electron chi connectivity index (χ2n) is 5.91. The molecule has 118 valence electrons. The summed E-state index contributed by atoms with van der Waals surface area (Å²) in [5, 5.41) is 0.805. The van der Waals surface area contributed by atoms with Crippen LogP contribution < -0.4 is 0 Å². The van der Waals surface area contributed by atoms with Crippen molar-refractivity contribution in [2.75, 3.05) is 13.1 Å². The van der Waals surface area contributed by atoms with Gasteiger partial charge in [0.15, 0.2) is 5.17 Å². The Morgan fingerprint density at radius 3 is 2.91 bits per heavy atom. The molecule has 1 saturated carbocycles. The Morgan fingerprint density at radius 1 is 1.32 bits per heavy atom. The molecule has 1 aromatic rings. The second kappa shape index (κ2) is 7.27. The van der Waals surface area contributed by atoms with Gasteiger partial charge < -0.3 is 0 Å². The van der Waals surface area contributed by atoms with Crippen LogP contribution in [0.5, 0.6) is 0 Å². The summed E-state index contributed by atoms with van der Waals surface area (Å²) < 4.78 is 13.2. The van der Waals surface area contributed by atoms with Crippen molar-refractivity contribution in [3.05, 3.63) is 35.6 Å². The van der Waals surface area contributed by atoms with Crippen molar-refractivity contribution >= 4 is 22.8 Å². The van der Waals surface area contributed by atoms with Crippen LogP contribution in [-0.2, 0) is 10.5 Å². The van der Waals surface area contributed by atoms with Gasteiger partial charge in [-0.2, -0.15) is 0 Å². The Kier molecular flexibility index (Phi) is 5.13. The zero-order chi connectivity index (χ0) is 15.4. The monoisotopic (exact) mass is 320 g/mol. The van der Waals surface area contributed by atoms with Crippen LogP contribution in [0.25, 0.3) is 0 Å². The van der Waals surface area contributed by atoms with E-state index in [4.69, 9.17) is 0 Å². The molecule has 1 aliphatic heterocycles. The lowest BCUT2D eigenvalue weighted by Crippen LogP contribution is -2.38. The molecular formula is C17H21FN2OS. The van der Waals surface area contributed by atoms with Gasteiger partial charge in [-0.25, -0.2) is 4.39 Å². The van der Waals surface area contributed by atoms with Gasteiger partial charge in [0.25, 0.3) is 0 Å². The number of benzene rings is 1. The number of aliphatic imine (C=N–C) groups is 1. The number of rotatable bonds is 3. The maximum Gasteiger partial charge on any atom is 0.231 e. The van der Waals surface area contributed by atoms with E-state index < -0.39 is 0 Å². The molecule has 1 aliphatic carbocycles. The molecule has 22 heavy (non-hydrogen) atoms. The third kappa shape index (κ3) is 3.69. The van der Waals surface area contributed by atoms with Crippen molar-refractivity contribution in [2.24, 2.45) is 10.9 Å². The van der Waals surface area contributed by atoms with Gasteiger partial charge in [-0.3, -0.25) is 14.7 Å².